The molecule has 4 heteroatoms. The van der Waals surface area contributed by atoms with Crippen LogP contribution in [0.4, 0.5) is 0 Å². The summed E-state index contributed by atoms with van der Waals surface area (Å²) in [7, 11) is 0. The van der Waals surface area contributed by atoms with Crippen LogP contribution in [-0.2, 0) is 4.79 Å². The number of aliphatic hydroxyl groups is 2. The van der Waals surface area contributed by atoms with Crippen LogP contribution in [0.15, 0.2) is 60.8 Å². The van der Waals surface area contributed by atoms with Crippen LogP contribution < -0.4 is 5.32 Å². The highest BCUT2D eigenvalue weighted by Crippen LogP contribution is 2.16. The number of hydrogen-bond donors (Lipinski definition) is 3. The summed E-state index contributed by atoms with van der Waals surface area (Å²) in [5.41, 5.74) is 0. The number of carbonyl (C=O) groups excluding carboxylic acids is 1. The Labute approximate surface area is 362 Å². The predicted octanol–water partition coefficient (Wildman–Crippen LogP) is 16.5. The van der Waals surface area contributed by atoms with Crippen molar-refractivity contribution in [2.24, 2.45) is 0 Å². The van der Waals surface area contributed by atoms with E-state index in [9.17, 15) is 15.0 Å². The Morgan fingerprint density at radius 3 is 1.14 bits per heavy atom. The average molecular weight is 810 g/mol. The third-order valence-corrected chi connectivity index (χ3v) is 11.5. The van der Waals surface area contributed by atoms with Crippen molar-refractivity contribution >= 4 is 5.91 Å². The van der Waals surface area contributed by atoms with E-state index in [1.54, 1.807) is 6.08 Å². The van der Waals surface area contributed by atoms with Gasteiger partial charge in [0.1, 0.15) is 0 Å². The number of allylic oxidation sites excluding steroid dienone is 9. The van der Waals surface area contributed by atoms with E-state index in [1.165, 1.54) is 186 Å². The molecule has 0 aromatic carbocycles. The van der Waals surface area contributed by atoms with Crippen molar-refractivity contribution in [3.8, 4) is 0 Å². The number of rotatable bonds is 46. The molecule has 0 saturated carbocycles. The molecule has 0 heterocycles. The Balaban J connectivity index is 3.41. The normalized spacial score (nSPS) is 13.4. The second-order valence-corrected chi connectivity index (χ2v) is 17.2. The van der Waals surface area contributed by atoms with Crippen LogP contribution in [0.1, 0.15) is 258 Å². The molecular weight excluding hydrogens is 711 g/mol. The van der Waals surface area contributed by atoms with Gasteiger partial charge in [0, 0.05) is 6.42 Å². The molecule has 0 radical (unpaired) electrons. The van der Waals surface area contributed by atoms with Gasteiger partial charge in [-0.05, 0) is 57.8 Å². The number of carbonyl (C=O) groups is 1. The van der Waals surface area contributed by atoms with Gasteiger partial charge in [-0.2, -0.15) is 0 Å². The van der Waals surface area contributed by atoms with Crippen LogP contribution in [0.5, 0.6) is 0 Å². The van der Waals surface area contributed by atoms with Gasteiger partial charge >= 0.3 is 0 Å². The van der Waals surface area contributed by atoms with E-state index < -0.39 is 12.1 Å². The van der Waals surface area contributed by atoms with Crippen molar-refractivity contribution in [2.45, 2.75) is 270 Å². The molecule has 2 unspecified atom stereocenters. The molecule has 4 nitrogen and oxygen atoms in total. The first-order valence-electron chi connectivity index (χ1n) is 25.5. The molecule has 0 aromatic rings. The fourth-order valence-electron chi connectivity index (χ4n) is 7.64. The highest BCUT2D eigenvalue weighted by molar-refractivity contribution is 5.76. The maximum Gasteiger partial charge on any atom is 0.220 e. The molecule has 0 rings (SSSR count). The zero-order valence-electron chi connectivity index (χ0n) is 38.8. The highest BCUT2D eigenvalue weighted by Gasteiger charge is 2.18. The van der Waals surface area contributed by atoms with Gasteiger partial charge in [0.25, 0.3) is 0 Å². The van der Waals surface area contributed by atoms with E-state index in [4.69, 9.17) is 0 Å². The molecule has 0 saturated heterocycles. The van der Waals surface area contributed by atoms with Crippen LogP contribution in [0.2, 0.25) is 0 Å². The van der Waals surface area contributed by atoms with Gasteiger partial charge in [-0.25, -0.2) is 0 Å². The number of aliphatic hydroxyl groups excluding tert-OH is 2. The number of nitrogens with one attached hydrogen (secondary N) is 1. The summed E-state index contributed by atoms with van der Waals surface area (Å²) in [5.74, 6) is -0.0631. The van der Waals surface area contributed by atoms with E-state index in [0.717, 1.165) is 51.4 Å². The van der Waals surface area contributed by atoms with Crippen LogP contribution >= 0.6 is 0 Å². The Kier molecular flexibility index (Phi) is 47.8. The molecule has 338 valence electrons. The lowest BCUT2D eigenvalue weighted by Crippen LogP contribution is -2.45. The maximum absolute atomic E-state index is 12.4. The van der Waals surface area contributed by atoms with Crippen LogP contribution in [0.3, 0.4) is 0 Å². The molecule has 0 aliphatic heterocycles. The molecule has 2 atom stereocenters. The third kappa shape index (κ3) is 45.2. The second-order valence-electron chi connectivity index (χ2n) is 17.2. The summed E-state index contributed by atoms with van der Waals surface area (Å²) in [6.45, 7) is 4.19. The molecule has 0 bridgehead atoms. The van der Waals surface area contributed by atoms with Crippen molar-refractivity contribution in [1.82, 2.24) is 5.32 Å². The fourth-order valence-corrected chi connectivity index (χ4v) is 7.64. The minimum Gasteiger partial charge on any atom is -0.394 e. The topological polar surface area (TPSA) is 69.6 Å². The van der Waals surface area contributed by atoms with Crippen molar-refractivity contribution in [3.63, 3.8) is 0 Å². The van der Waals surface area contributed by atoms with Gasteiger partial charge in [-0.15, -0.1) is 0 Å². The molecule has 0 aliphatic rings. The number of hydrogen-bond acceptors (Lipinski definition) is 3. The average Bonchev–Trinajstić information content (AvgIpc) is 3.23. The first kappa shape index (κ1) is 56.1. The standard InChI is InChI=1S/C54H99NO3/c1-3-5-7-9-11-13-15-16-17-18-19-20-21-22-23-24-25-26-27-28-29-30-31-32-33-34-35-36-37-38-40-42-44-46-48-50-54(58)55-52(51-56)53(57)49-47-45-43-41-39-14-12-10-8-6-4-2/h5,7,11,13,16-17,19-20,47,49,52-53,56-57H,3-4,6,8-10,12,14-15,18,21-46,48,50-51H2,1-2H3,(H,55,58)/b7-5-,13-11-,17-16-,20-19-,49-47+. The largest absolute Gasteiger partial charge is 0.394 e. The third-order valence-electron chi connectivity index (χ3n) is 11.5. The van der Waals surface area contributed by atoms with Crippen molar-refractivity contribution < 1.29 is 15.0 Å². The zero-order chi connectivity index (χ0) is 42.1. The summed E-state index contributed by atoms with van der Waals surface area (Å²) in [4.78, 5) is 12.4. The Morgan fingerprint density at radius 2 is 0.759 bits per heavy atom. The van der Waals surface area contributed by atoms with Crippen molar-refractivity contribution in [2.75, 3.05) is 6.61 Å². The van der Waals surface area contributed by atoms with Gasteiger partial charge in [0.15, 0.2) is 0 Å². The minimum absolute atomic E-state index is 0.0631. The van der Waals surface area contributed by atoms with Crippen molar-refractivity contribution in [1.29, 1.82) is 0 Å². The molecule has 0 spiro atoms. The maximum atomic E-state index is 12.4. The quantitative estimate of drug-likeness (QED) is 0.0424. The van der Waals surface area contributed by atoms with E-state index in [2.05, 4.69) is 67.8 Å². The van der Waals surface area contributed by atoms with E-state index in [0.29, 0.717) is 6.42 Å². The second kappa shape index (κ2) is 49.5. The Hall–Kier alpha value is -1.91. The van der Waals surface area contributed by atoms with Gasteiger partial charge in [0.05, 0.1) is 18.8 Å². The predicted molar refractivity (Wildman–Crippen MR) is 258 cm³/mol. The van der Waals surface area contributed by atoms with Crippen molar-refractivity contribution in [3.05, 3.63) is 60.8 Å². The Morgan fingerprint density at radius 1 is 0.431 bits per heavy atom. The molecule has 0 aromatic heterocycles. The summed E-state index contributed by atoms with van der Waals surface area (Å²) >= 11 is 0. The first-order valence-corrected chi connectivity index (χ1v) is 25.5. The van der Waals surface area contributed by atoms with Gasteiger partial charge in [0.2, 0.25) is 5.91 Å². The van der Waals surface area contributed by atoms with Gasteiger partial charge < -0.3 is 15.5 Å². The SMILES string of the molecule is CC/C=C\C/C=C\C/C=C\C/C=C\CCCCCCCCCCCCCCCCCCCCCCCCC(=O)NC(CO)C(O)/C=C/CCCCCCCCCCC. The first-order chi connectivity index (χ1) is 28.7. The van der Waals surface area contributed by atoms with Crippen LogP contribution in [-0.4, -0.2) is 34.9 Å². The zero-order valence-corrected chi connectivity index (χ0v) is 38.8. The molecule has 3 N–H and O–H groups in total. The lowest BCUT2D eigenvalue weighted by molar-refractivity contribution is -0.123. The van der Waals surface area contributed by atoms with E-state index in [-0.39, 0.29) is 12.5 Å². The molecular formula is C54H99NO3. The lowest BCUT2D eigenvalue weighted by Gasteiger charge is -2.20. The summed E-state index contributed by atoms with van der Waals surface area (Å²) in [6.07, 6.45) is 69.5. The smallest absolute Gasteiger partial charge is 0.220 e. The molecule has 58 heavy (non-hydrogen) atoms. The fraction of sp³-hybridized carbons (Fsp3) is 0.796. The number of unbranched alkanes of at least 4 members (excludes halogenated alkanes) is 31. The number of amides is 1. The van der Waals surface area contributed by atoms with Gasteiger partial charge in [-0.3, -0.25) is 4.79 Å². The molecule has 1 amide bonds. The van der Waals surface area contributed by atoms with Gasteiger partial charge in [-0.1, -0.05) is 254 Å². The van der Waals surface area contributed by atoms with E-state index in [1.807, 2.05) is 6.08 Å². The molecule has 0 aliphatic carbocycles. The van der Waals surface area contributed by atoms with Crippen LogP contribution in [0.25, 0.3) is 0 Å². The lowest BCUT2D eigenvalue weighted by atomic mass is 10.0. The van der Waals surface area contributed by atoms with Crippen LogP contribution in [0, 0.1) is 0 Å². The Bertz CT molecular complexity index is 965. The van der Waals surface area contributed by atoms with E-state index >= 15 is 0 Å². The minimum atomic E-state index is -0.836. The highest BCUT2D eigenvalue weighted by atomic mass is 16.3. The summed E-state index contributed by atoms with van der Waals surface area (Å²) in [6, 6.07) is -0.620. The molecule has 0 fully saturated rings. The monoisotopic (exact) mass is 810 g/mol. The summed E-state index contributed by atoms with van der Waals surface area (Å²) < 4.78 is 0. The summed E-state index contributed by atoms with van der Waals surface area (Å²) in [5, 5.41) is 23.0.